The van der Waals surface area contributed by atoms with Gasteiger partial charge in [-0.3, -0.25) is 19.1 Å². The third kappa shape index (κ3) is 5.10. The van der Waals surface area contributed by atoms with Crippen LogP contribution in [0.4, 0.5) is 13.2 Å². The highest BCUT2D eigenvalue weighted by molar-refractivity contribution is 7.99. The second-order valence-corrected chi connectivity index (χ2v) is 6.78. The summed E-state index contributed by atoms with van der Waals surface area (Å²) < 4.78 is 38.1. The molecule has 0 fully saturated rings. The molecule has 0 aliphatic heterocycles. The van der Waals surface area contributed by atoms with Gasteiger partial charge >= 0.3 is 6.18 Å². The quantitative estimate of drug-likeness (QED) is 0.501. The van der Waals surface area contributed by atoms with Crippen LogP contribution in [-0.2, 0) is 11.3 Å². The van der Waals surface area contributed by atoms with Crippen LogP contribution in [0.5, 0.6) is 0 Å². The zero-order valence-electron chi connectivity index (χ0n) is 14.4. The van der Waals surface area contributed by atoms with E-state index in [4.69, 9.17) is 0 Å². The summed E-state index contributed by atoms with van der Waals surface area (Å²) in [6.45, 7) is -1.20. The van der Waals surface area contributed by atoms with E-state index < -0.39 is 18.6 Å². The average molecular weight is 408 g/mol. The number of nitrogens with one attached hydrogen (secondary N) is 1. The molecule has 28 heavy (non-hydrogen) atoms. The molecule has 3 rings (SSSR count). The molecule has 0 radical (unpaired) electrons. The van der Waals surface area contributed by atoms with Crippen LogP contribution in [0.15, 0.2) is 58.7 Å². The van der Waals surface area contributed by atoms with E-state index in [0.717, 1.165) is 17.3 Å². The first-order chi connectivity index (χ1) is 13.3. The second kappa shape index (κ2) is 8.42. The number of carbonyl (C=O) groups is 1. The number of rotatable bonds is 6. The van der Waals surface area contributed by atoms with Gasteiger partial charge in [-0.15, -0.1) is 0 Å². The average Bonchev–Trinajstić information content (AvgIpc) is 2.67. The second-order valence-electron chi connectivity index (χ2n) is 5.84. The lowest BCUT2D eigenvalue weighted by atomic mass is 10.2. The van der Waals surface area contributed by atoms with E-state index in [1.165, 1.54) is 4.57 Å². The number of alkyl halides is 3. The van der Waals surface area contributed by atoms with Crippen molar-refractivity contribution in [3.05, 3.63) is 64.7 Å². The van der Waals surface area contributed by atoms with Crippen LogP contribution in [0.2, 0.25) is 0 Å². The van der Waals surface area contributed by atoms with E-state index in [2.05, 4.69) is 9.97 Å². The van der Waals surface area contributed by atoms with Crippen molar-refractivity contribution < 1.29 is 18.0 Å². The molecule has 1 amide bonds. The van der Waals surface area contributed by atoms with Crippen LogP contribution < -0.4 is 10.9 Å². The molecule has 0 aliphatic rings. The van der Waals surface area contributed by atoms with E-state index in [1.807, 2.05) is 0 Å². The molecule has 2 heterocycles. The molecule has 146 valence electrons. The Kier molecular flexibility index (Phi) is 5.98. The Labute approximate surface area is 161 Å². The highest BCUT2D eigenvalue weighted by Gasteiger charge is 2.27. The SMILES string of the molecule is O=C(CSc1nc2ccccc2c(=O)n1Cc1ccncc1)NCC(F)(F)F. The number of thioether (sulfide) groups is 1. The highest BCUT2D eigenvalue weighted by atomic mass is 32.2. The number of nitrogens with zero attached hydrogens (tertiary/aromatic N) is 3. The van der Waals surface area contributed by atoms with Gasteiger partial charge in [0, 0.05) is 12.4 Å². The molecule has 0 aliphatic carbocycles. The lowest BCUT2D eigenvalue weighted by molar-refractivity contribution is -0.136. The number of carbonyl (C=O) groups excluding carboxylic acids is 1. The Morgan fingerprint density at radius 1 is 1.14 bits per heavy atom. The van der Waals surface area contributed by atoms with Gasteiger partial charge in [0.1, 0.15) is 6.54 Å². The van der Waals surface area contributed by atoms with Gasteiger partial charge in [0.15, 0.2) is 5.16 Å². The summed E-state index contributed by atoms with van der Waals surface area (Å²) >= 11 is 0.911. The maximum absolute atomic E-state index is 12.9. The predicted molar refractivity (Wildman–Crippen MR) is 99.1 cm³/mol. The van der Waals surface area contributed by atoms with Crippen molar-refractivity contribution >= 4 is 28.6 Å². The van der Waals surface area contributed by atoms with Gasteiger partial charge < -0.3 is 5.32 Å². The maximum atomic E-state index is 12.9. The Morgan fingerprint density at radius 2 is 1.86 bits per heavy atom. The fraction of sp³-hybridized carbons (Fsp3) is 0.222. The van der Waals surface area contributed by atoms with Gasteiger partial charge in [-0.2, -0.15) is 13.2 Å². The topological polar surface area (TPSA) is 76.9 Å². The Hall–Kier alpha value is -2.88. The van der Waals surface area contributed by atoms with Crippen LogP contribution in [0, 0.1) is 0 Å². The van der Waals surface area contributed by atoms with E-state index >= 15 is 0 Å². The number of pyridine rings is 1. The van der Waals surface area contributed by atoms with Gasteiger partial charge in [-0.25, -0.2) is 4.98 Å². The number of halogens is 3. The number of para-hydroxylation sites is 1. The minimum atomic E-state index is -4.48. The van der Waals surface area contributed by atoms with Crippen molar-refractivity contribution in [3.8, 4) is 0 Å². The van der Waals surface area contributed by atoms with Crippen LogP contribution in [0.25, 0.3) is 10.9 Å². The third-order valence-electron chi connectivity index (χ3n) is 3.74. The van der Waals surface area contributed by atoms with Gasteiger partial charge in [-0.1, -0.05) is 23.9 Å². The van der Waals surface area contributed by atoms with Crippen LogP contribution in [0.3, 0.4) is 0 Å². The van der Waals surface area contributed by atoms with Crippen molar-refractivity contribution in [2.45, 2.75) is 17.9 Å². The third-order valence-corrected chi connectivity index (χ3v) is 4.71. The van der Waals surface area contributed by atoms with Crippen molar-refractivity contribution in [2.24, 2.45) is 0 Å². The van der Waals surface area contributed by atoms with Crippen LogP contribution in [-0.4, -0.2) is 38.9 Å². The summed E-state index contributed by atoms with van der Waals surface area (Å²) in [5.41, 5.74) is 0.967. The Bertz CT molecular complexity index is 1040. The predicted octanol–water partition coefficient (Wildman–Crippen LogP) is 2.61. The minimum absolute atomic E-state index is 0.200. The number of aromatic nitrogens is 3. The largest absolute Gasteiger partial charge is 0.405 e. The lowest BCUT2D eigenvalue weighted by Gasteiger charge is -2.13. The molecule has 0 atom stereocenters. The normalized spacial score (nSPS) is 11.5. The molecular weight excluding hydrogens is 393 g/mol. The van der Waals surface area contributed by atoms with Crippen molar-refractivity contribution in [2.75, 3.05) is 12.3 Å². The van der Waals surface area contributed by atoms with Crippen molar-refractivity contribution in [1.29, 1.82) is 0 Å². The van der Waals surface area contributed by atoms with Gasteiger partial charge in [0.2, 0.25) is 5.91 Å². The standard InChI is InChI=1S/C18H15F3N4O2S/c19-18(20,21)11-23-15(26)10-28-17-24-14-4-2-1-3-13(14)16(27)25(17)9-12-5-7-22-8-6-12/h1-8H,9-11H2,(H,23,26). The Morgan fingerprint density at radius 3 is 2.57 bits per heavy atom. The van der Waals surface area contributed by atoms with Crippen molar-refractivity contribution in [3.63, 3.8) is 0 Å². The van der Waals surface area contributed by atoms with Gasteiger partial charge in [-0.05, 0) is 29.8 Å². The molecule has 10 heteroatoms. The first-order valence-electron chi connectivity index (χ1n) is 8.18. The first-order valence-corrected chi connectivity index (χ1v) is 9.17. The molecule has 0 spiro atoms. The van der Waals surface area contributed by atoms with Crippen molar-refractivity contribution in [1.82, 2.24) is 19.9 Å². The molecule has 0 unspecified atom stereocenters. The summed E-state index contributed by atoms with van der Waals surface area (Å²) in [5, 5.41) is 2.48. The van der Waals surface area contributed by atoms with Crippen LogP contribution in [0.1, 0.15) is 5.56 Å². The monoisotopic (exact) mass is 408 g/mol. The lowest BCUT2D eigenvalue weighted by Crippen LogP contribution is -2.35. The fourth-order valence-electron chi connectivity index (χ4n) is 2.45. The molecule has 0 saturated heterocycles. The molecule has 1 N–H and O–H groups in total. The molecule has 3 aromatic rings. The smallest absolute Gasteiger partial charge is 0.346 e. The van der Waals surface area contributed by atoms with E-state index in [0.29, 0.717) is 10.9 Å². The molecule has 0 saturated carbocycles. The fourth-order valence-corrected chi connectivity index (χ4v) is 3.28. The molecule has 0 bridgehead atoms. The Balaban J connectivity index is 1.88. The maximum Gasteiger partial charge on any atom is 0.405 e. The van der Waals surface area contributed by atoms with E-state index in [9.17, 15) is 22.8 Å². The van der Waals surface area contributed by atoms with Gasteiger partial charge in [0.25, 0.3) is 5.56 Å². The summed E-state index contributed by atoms with van der Waals surface area (Å²) in [6, 6.07) is 10.3. The highest BCUT2D eigenvalue weighted by Crippen LogP contribution is 2.19. The number of hydrogen-bond acceptors (Lipinski definition) is 5. The number of fused-ring (bicyclic) bond motifs is 1. The van der Waals surface area contributed by atoms with Crippen LogP contribution >= 0.6 is 11.8 Å². The first kappa shape index (κ1) is 19.9. The number of amides is 1. The summed E-state index contributed by atoms with van der Waals surface area (Å²) in [7, 11) is 0. The zero-order valence-corrected chi connectivity index (χ0v) is 15.3. The zero-order chi connectivity index (χ0) is 20.1. The number of hydrogen-bond donors (Lipinski definition) is 1. The molecule has 2 aromatic heterocycles. The summed E-state index contributed by atoms with van der Waals surface area (Å²) in [4.78, 5) is 33.0. The summed E-state index contributed by atoms with van der Waals surface area (Å²) in [6.07, 6.45) is -1.30. The molecule has 6 nitrogen and oxygen atoms in total. The minimum Gasteiger partial charge on any atom is -0.346 e. The molecule has 1 aromatic carbocycles. The molecular formula is C18H15F3N4O2S. The van der Waals surface area contributed by atoms with E-state index in [-0.39, 0.29) is 23.0 Å². The number of benzene rings is 1. The van der Waals surface area contributed by atoms with E-state index in [1.54, 1.807) is 54.1 Å². The van der Waals surface area contributed by atoms with Gasteiger partial charge in [0.05, 0.1) is 23.2 Å². The summed E-state index contributed by atoms with van der Waals surface area (Å²) in [5.74, 6) is -1.09.